The van der Waals surface area contributed by atoms with Gasteiger partial charge in [-0.3, -0.25) is 0 Å². The Morgan fingerprint density at radius 3 is 2.28 bits per heavy atom. The maximum absolute atomic E-state index is 12.4. The molecule has 0 fully saturated rings. The zero-order valence-electron chi connectivity index (χ0n) is 22.7. The van der Waals surface area contributed by atoms with Gasteiger partial charge >= 0.3 is 18.2 Å². The van der Waals surface area contributed by atoms with Crippen LogP contribution in [0.25, 0.3) is 10.8 Å². The minimum Gasteiger partial charge on any atom is -0.467 e. The fourth-order valence-corrected chi connectivity index (χ4v) is 3.81. The van der Waals surface area contributed by atoms with Gasteiger partial charge in [0.15, 0.2) is 0 Å². The Morgan fingerprint density at radius 1 is 0.897 bits per heavy atom. The number of carbonyl (C=O) groups excluding carboxylic acids is 3. The van der Waals surface area contributed by atoms with Crippen LogP contribution < -0.4 is 10.6 Å². The van der Waals surface area contributed by atoms with E-state index in [0.717, 1.165) is 27.5 Å². The van der Waals surface area contributed by atoms with Gasteiger partial charge in [-0.15, -0.1) is 0 Å². The number of carbonyl (C=O) groups is 3. The third-order valence-electron chi connectivity index (χ3n) is 5.57. The van der Waals surface area contributed by atoms with E-state index in [1.807, 2.05) is 66.7 Å². The number of hydrogen-bond acceptors (Lipinski definition) is 6. The number of alkyl carbamates (subject to hydrolysis) is 2. The van der Waals surface area contributed by atoms with Crippen LogP contribution in [0.15, 0.2) is 66.7 Å². The molecule has 0 aliphatic rings. The summed E-state index contributed by atoms with van der Waals surface area (Å²) in [5.74, 6) is 5.69. The van der Waals surface area contributed by atoms with Crippen molar-refractivity contribution in [2.45, 2.75) is 51.9 Å². The molecular formula is C31H34N2O6. The summed E-state index contributed by atoms with van der Waals surface area (Å²) in [6, 6.07) is 20.0. The fourth-order valence-electron chi connectivity index (χ4n) is 3.81. The number of amides is 2. The van der Waals surface area contributed by atoms with Crippen LogP contribution in [0.4, 0.5) is 9.59 Å². The topological polar surface area (TPSA) is 103 Å². The first kappa shape index (κ1) is 29.1. The molecule has 0 heterocycles. The van der Waals surface area contributed by atoms with Crippen LogP contribution in [0.3, 0.4) is 0 Å². The largest absolute Gasteiger partial charge is 0.467 e. The lowest BCUT2D eigenvalue weighted by molar-refractivity contribution is -0.143. The summed E-state index contributed by atoms with van der Waals surface area (Å²) < 4.78 is 15.4. The first-order chi connectivity index (χ1) is 18.7. The van der Waals surface area contributed by atoms with Gasteiger partial charge in [0.2, 0.25) is 0 Å². The van der Waals surface area contributed by atoms with E-state index in [-0.39, 0.29) is 13.0 Å². The van der Waals surface area contributed by atoms with Crippen LogP contribution in [0.2, 0.25) is 0 Å². The maximum atomic E-state index is 12.4. The van der Waals surface area contributed by atoms with Gasteiger partial charge in [-0.05, 0) is 48.7 Å². The molecule has 3 aromatic carbocycles. The lowest BCUT2D eigenvalue weighted by Gasteiger charge is -2.23. The minimum absolute atomic E-state index is 0.209. The molecule has 1 unspecified atom stereocenters. The summed E-state index contributed by atoms with van der Waals surface area (Å²) in [6.07, 6.45) is -0.520. The van der Waals surface area contributed by atoms with Crippen molar-refractivity contribution in [3.8, 4) is 11.8 Å². The van der Waals surface area contributed by atoms with Gasteiger partial charge in [0, 0.05) is 24.9 Å². The number of hydrogen-bond donors (Lipinski definition) is 2. The van der Waals surface area contributed by atoms with Crippen molar-refractivity contribution in [1.82, 2.24) is 10.6 Å². The van der Waals surface area contributed by atoms with Crippen molar-refractivity contribution < 1.29 is 28.6 Å². The standard InChI is InChI=1S/C31H34N2O6/c1-31(2,3)39-30(36)33-27(28(34)37-4)20-24-18-17-23(25-15-8-9-16-26(24)25)14-10-11-19-32-29(35)38-21-22-12-6-5-7-13-22/h5-9,12-13,15-18,27H,11,19-21H2,1-4H3,(H,32,35)(H,33,36). The average molecular weight is 531 g/mol. The molecule has 39 heavy (non-hydrogen) atoms. The third-order valence-corrected chi connectivity index (χ3v) is 5.57. The Kier molecular flexibility index (Phi) is 10.3. The maximum Gasteiger partial charge on any atom is 0.408 e. The van der Waals surface area contributed by atoms with Gasteiger partial charge in [-0.25, -0.2) is 14.4 Å². The zero-order valence-corrected chi connectivity index (χ0v) is 22.7. The predicted octanol–water partition coefficient (Wildman–Crippen LogP) is 5.12. The van der Waals surface area contributed by atoms with Gasteiger partial charge in [-0.2, -0.15) is 0 Å². The van der Waals surface area contributed by atoms with Crippen molar-refractivity contribution in [2.75, 3.05) is 13.7 Å². The fraction of sp³-hybridized carbons (Fsp3) is 0.323. The van der Waals surface area contributed by atoms with Gasteiger partial charge in [0.1, 0.15) is 18.2 Å². The lowest BCUT2D eigenvalue weighted by Crippen LogP contribution is -2.45. The highest BCUT2D eigenvalue weighted by Gasteiger charge is 2.26. The molecule has 0 saturated heterocycles. The molecule has 8 nitrogen and oxygen atoms in total. The van der Waals surface area contributed by atoms with E-state index < -0.39 is 29.8 Å². The van der Waals surface area contributed by atoms with Crippen molar-refractivity contribution >= 4 is 28.9 Å². The molecular weight excluding hydrogens is 496 g/mol. The third kappa shape index (κ3) is 9.38. The lowest BCUT2D eigenvalue weighted by atomic mass is 9.95. The number of esters is 1. The molecule has 0 aliphatic heterocycles. The van der Waals surface area contributed by atoms with E-state index in [9.17, 15) is 14.4 Å². The van der Waals surface area contributed by atoms with Crippen molar-refractivity contribution in [1.29, 1.82) is 0 Å². The van der Waals surface area contributed by atoms with Crippen LogP contribution in [0.1, 0.15) is 43.9 Å². The molecule has 0 aromatic heterocycles. The molecule has 1 atom stereocenters. The number of ether oxygens (including phenoxy) is 3. The second kappa shape index (κ2) is 13.9. The monoisotopic (exact) mass is 530 g/mol. The molecule has 0 bridgehead atoms. The van der Waals surface area contributed by atoms with Crippen LogP contribution in [-0.4, -0.2) is 43.5 Å². The SMILES string of the molecule is COC(=O)C(Cc1ccc(C#CCCNC(=O)OCc2ccccc2)c2ccccc12)NC(=O)OC(C)(C)C. The predicted molar refractivity (Wildman–Crippen MR) is 149 cm³/mol. The quantitative estimate of drug-likeness (QED) is 0.181. The zero-order chi connectivity index (χ0) is 28.3. The molecule has 8 heteroatoms. The van der Waals surface area contributed by atoms with E-state index in [1.54, 1.807) is 20.8 Å². The smallest absolute Gasteiger partial charge is 0.408 e. The van der Waals surface area contributed by atoms with Gasteiger partial charge < -0.3 is 24.8 Å². The molecule has 3 aromatic rings. The molecule has 3 rings (SSSR count). The highest BCUT2D eigenvalue weighted by Crippen LogP contribution is 2.24. The van der Waals surface area contributed by atoms with E-state index in [1.165, 1.54) is 7.11 Å². The minimum atomic E-state index is -0.919. The Bertz CT molecular complexity index is 1350. The number of nitrogens with one attached hydrogen (secondary N) is 2. The van der Waals surface area contributed by atoms with Gasteiger partial charge in [0.05, 0.1) is 7.11 Å². The summed E-state index contributed by atoms with van der Waals surface area (Å²) in [5.41, 5.74) is 1.89. The highest BCUT2D eigenvalue weighted by atomic mass is 16.6. The van der Waals surface area contributed by atoms with Gasteiger partial charge in [-0.1, -0.05) is 72.5 Å². The number of rotatable bonds is 8. The number of fused-ring (bicyclic) bond motifs is 1. The van der Waals surface area contributed by atoms with Crippen LogP contribution in [0.5, 0.6) is 0 Å². The van der Waals surface area contributed by atoms with Gasteiger partial charge in [0.25, 0.3) is 0 Å². The second-order valence-electron chi connectivity index (χ2n) is 9.78. The Balaban J connectivity index is 1.64. The van der Waals surface area contributed by atoms with Crippen molar-refractivity contribution in [3.05, 3.63) is 83.4 Å². The first-order valence-corrected chi connectivity index (χ1v) is 12.7. The number of methoxy groups -OCH3 is 1. The Hall–Kier alpha value is -4.51. The Morgan fingerprint density at radius 2 is 1.59 bits per heavy atom. The summed E-state index contributed by atoms with van der Waals surface area (Å²) in [6.45, 7) is 5.82. The molecule has 2 amide bonds. The molecule has 2 N–H and O–H groups in total. The van der Waals surface area contributed by atoms with Crippen molar-refractivity contribution in [2.24, 2.45) is 0 Å². The summed E-state index contributed by atoms with van der Waals surface area (Å²) >= 11 is 0. The molecule has 0 aliphatic carbocycles. The summed E-state index contributed by atoms with van der Waals surface area (Å²) in [5, 5.41) is 7.14. The van der Waals surface area contributed by atoms with E-state index in [4.69, 9.17) is 14.2 Å². The average Bonchev–Trinajstić information content (AvgIpc) is 2.91. The van der Waals surface area contributed by atoms with Crippen molar-refractivity contribution in [3.63, 3.8) is 0 Å². The normalized spacial score (nSPS) is 11.5. The summed E-state index contributed by atoms with van der Waals surface area (Å²) in [7, 11) is 1.28. The van der Waals surface area contributed by atoms with Crippen LogP contribution in [0, 0.1) is 11.8 Å². The molecule has 0 saturated carbocycles. The van der Waals surface area contributed by atoms with Crippen LogP contribution >= 0.6 is 0 Å². The van der Waals surface area contributed by atoms with E-state index in [0.29, 0.717) is 13.0 Å². The molecule has 204 valence electrons. The highest BCUT2D eigenvalue weighted by molar-refractivity contribution is 5.92. The van der Waals surface area contributed by atoms with E-state index >= 15 is 0 Å². The first-order valence-electron chi connectivity index (χ1n) is 12.7. The second-order valence-corrected chi connectivity index (χ2v) is 9.78. The Labute approximate surface area is 229 Å². The van der Waals surface area contributed by atoms with Crippen LogP contribution in [-0.2, 0) is 32.0 Å². The number of benzene rings is 3. The summed E-state index contributed by atoms with van der Waals surface area (Å²) in [4.78, 5) is 36.7. The van der Waals surface area contributed by atoms with E-state index in [2.05, 4.69) is 22.5 Å². The molecule has 0 spiro atoms. The molecule has 0 radical (unpaired) electrons.